The quantitative estimate of drug-likeness (QED) is 0.0489. The predicted octanol–water partition coefficient (Wildman–Crippen LogP) is 9.45. The van der Waals surface area contributed by atoms with E-state index in [0.717, 1.165) is 37.2 Å². The highest BCUT2D eigenvalue weighted by Gasteiger charge is 2.50. The van der Waals surface area contributed by atoms with Crippen LogP contribution < -0.4 is 15.1 Å². The average molecular weight is 801 g/mol. The minimum absolute atomic E-state index is 0.0259. The molecule has 0 spiro atoms. The van der Waals surface area contributed by atoms with E-state index in [2.05, 4.69) is 134 Å². The first-order chi connectivity index (χ1) is 26.7. The third-order valence-corrected chi connectivity index (χ3v) is 20.6. The van der Waals surface area contributed by atoms with Crippen molar-refractivity contribution in [2.24, 2.45) is 0 Å². The van der Waals surface area contributed by atoms with E-state index in [-0.39, 0.29) is 22.5 Å². The van der Waals surface area contributed by atoms with Gasteiger partial charge in [0.1, 0.15) is 24.6 Å². The zero-order valence-electron chi connectivity index (χ0n) is 35.6. The monoisotopic (exact) mass is 800 g/mol. The molecule has 1 saturated heterocycles. The van der Waals surface area contributed by atoms with Gasteiger partial charge >= 0.3 is 0 Å². The van der Waals surface area contributed by atoms with Crippen LogP contribution in [0.25, 0.3) is 0 Å². The van der Waals surface area contributed by atoms with E-state index in [1.807, 2.05) is 30.3 Å². The van der Waals surface area contributed by atoms with Crippen molar-refractivity contribution in [3.8, 4) is 17.6 Å². The first kappa shape index (κ1) is 45.7. The SMILES string of the molecule is C=C[C@@H](OCc1ccc(OC)cc1)[C@H](OCCCO[Si](c1ccccc1)(c1ccccc1)C(C)(C)C)[C@@H](CC#CCOC1CCCCO1)O[Si](C)(C)C(C)(C)C. The average Bonchev–Trinajstić information content (AvgIpc) is 3.18. The van der Waals surface area contributed by atoms with Gasteiger partial charge < -0.3 is 32.5 Å². The van der Waals surface area contributed by atoms with Gasteiger partial charge in [0.2, 0.25) is 0 Å². The Balaban J connectivity index is 1.58. The Bertz CT molecular complexity index is 1590. The van der Waals surface area contributed by atoms with Crippen molar-refractivity contribution in [1.82, 2.24) is 0 Å². The Morgan fingerprint density at radius 1 is 0.821 bits per heavy atom. The fraction of sp³-hybridized carbons (Fsp3) is 0.532. The van der Waals surface area contributed by atoms with Gasteiger partial charge in [-0.3, -0.25) is 0 Å². The van der Waals surface area contributed by atoms with Crippen molar-refractivity contribution in [2.45, 2.75) is 128 Å². The molecule has 1 heterocycles. The summed E-state index contributed by atoms with van der Waals surface area (Å²) in [6, 6.07) is 29.4. The summed E-state index contributed by atoms with van der Waals surface area (Å²) >= 11 is 0. The van der Waals surface area contributed by atoms with Crippen LogP contribution in [-0.4, -0.2) is 74.8 Å². The molecule has 0 aliphatic carbocycles. The van der Waals surface area contributed by atoms with Gasteiger partial charge in [0.25, 0.3) is 8.32 Å². The molecule has 1 fully saturated rings. The van der Waals surface area contributed by atoms with Crippen LogP contribution >= 0.6 is 0 Å². The van der Waals surface area contributed by atoms with Crippen molar-refractivity contribution in [3.63, 3.8) is 0 Å². The van der Waals surface area contributed by atoms with Crippen LogP contribution in [0.3, 0.4) is 0 Å². The lowest BCUT2D eigenvalue weighted by atomic mass is 10.0. The van der Waals surface area contributed by atoms with E-state index in [0.29, 0.717) is 39.3 Å². The maximum atomic E-state index is 7.21. The second-order valence-electron chi connectivity index (χ2n) is 17.1. The number of benzene rings is 3. The van der Waals surface area contributed by atoms with E-state index in [9.17, 15) is 0 Å². The number of ether oxygens (including phenoxy) is 5. The molecule has 1 aliphatic rings. The van der Waals surface area contributed by atoms with Crippen molar-refractivity contribution in [3.05, 3.63) is 103 Å². The van der Waals surface area contributed by atoms with Gasteiger partial charge in [-0.25, -0.2) is 0 Å². The molecule has 0 N–H and O–H groups in total. The Hall–Kier alpha value is -3.05. The van der Waals surface area contributed by atoms with E-state index < -0.39 is 28.8 Å². The molecular weight excluding hydrogens is 733 g/mol. The van der Waals surface area contributed by atoms with Gasteiger partial charge in [-0.1, -0.05) is 132 Å². The minimum atomic E-state index is -2.69. The molecule has 56 heavy (non-hydrogen) atoms. The summed E-state index contributed by atoms with van der Waals surface area (Å²) in [5.74, 6) is 7.43. The summed E-state index contributed by atoms with van der Waals surface area (Å²) < 4.78 is 45.0. The minimum Gasteiger partial charge on any atom is -0.497 e. The number of rotatable bonds is 20. The standard InChI is InChI=1S/C47H68O7Si2/c1-11-42(52-37-38-29-31-39(48-8)32-30-38)45(43(54-55(9,10)46(2,3)4)27-18-20-33-49-44-28-19-21-34-50-44)51-35-22-36-53-56(47(5,6)7,40-23-14-12-15-24-40)41-25-16-13-17-26-41/h11-17,23-26,29-32,42-45H,1,19,21-22,27-28,33-37H2,2-10H3/t42-,43-,44?,45+/m1/s1. The Kier molecular flexibility index (Phi) is 17.6. The molecule has 1 unspecified atom stereocenters. The summed E-state index contributed by atoms with van der Waals surface area (Å²) in [6.45, 7) is 24.9. The van der Waals surface area contributed by atoms with Crippen molar-refractivity contribution >= 4 is 27.0 Å². The van der Waals surface area contributed by atoms with Crippen molar-refractivity contribution < 1.29 is 32.5 Å². The zero-order chi connectivity index (χ0) is 40.7. The maximum absolute atomic E-state index is 7.21. The normalized spacial score (nSPS) is 17.0. The second-order valence-corrected chi connectivity index (χ2v) is 26.2. The van der Waals surface area contributed by atoms with Crippen molar-refractivity contribution in [2.75, 3.05) is 33.5 Å². The van der Waals surface area contributed by atoms with Gasteiger partial charge in [-0.05, 0) is 76.9 Å². The van der Waals surface area contributed by atoms with Crippen LogP contribution in [0.2, 0.25) is 23.2 Å². The first-order valence-electron chi connectivity index (χ1n) is 20.3. The summed E-state index contributed by atoms with van der Waals surface area (Å²) in [6.07, 6.45) is 4.60. The number of hydrogen-bond acceptors (Lipinski definition) is 7. The molecule has 4 atom stereocenters. The lowest BCUT2D eigenvalue weighted by Gasteiger charge is -2.43. The molecule has 3 aromatic carbocycles. The Morgan fingerprint density at radius 3 is 2.00 bits per heavy atom. The molecule has 0 radical (unpaired) electrons. The molecule has 0 bridgehead atoms. The topological polar surface area (TPSA) is 64.6 Å². The van der Waals surface area contributed by atoms with Crippen LogP contribution in [-0.2, 0) is 34.4 Å². The molecule has 4 rings (SSSR count). The fourth-order valence-corrected chi connectivity index (χ4v) is 12.8. The first-order valence-corrected chi connectivity index (χ1v) is 25.1. The third kappa shape index (κ3) is 12.7. The Labute approximate surface area is 340 Å². The molecule has 3 aromatic rings. The van der Waals surface area contributed by atoms with Crippen LogP contribution in [0.4, 0.5) is 0 Å². The zero-order valence-corrected chi connectivity index (χ0v) is 37.6. The summed E-state index contributed by atoms with van der Waals surface area (Å²) in [7, 11) is -3.30. The van der Waals surface area contributed by atoms with Gasteiger partial charge in [-0.2, -0.15) is 0 Å². The van der Waals surface area contributed by atoms with Crippen LogP contribution in [0, 0.1) is 11.8 Å². The van der Waals surface area contributed by atoms with Crippen LogP contribution in [0.15, 0.2) is 97.6 Å². The largest absolute Gasteiger partial charge is 0.497 e. The van der Waals surface area contributed by atoms with Gasteiger partial charge in [0.05, 0.1) is 19.8 Å². The van der Waals surface area contributed by atoms with Gasteiger partial charge in [-0.15, -0.1) is 6.58 Å². The maximum Gasteiger partial charge on any atom is 0.261 e. The van der Waals surface area contributed by atoms with Crippen molar-refractivity contribution in [1.29, 1.82) is 0 Å². The predicted molar refractivity (Wildman–Crippen MR) is 234 cm³/mol. The molecule has 7 nitrogen and oxygen atoms in total. The number of hydrogen-bond donors (Lipinski definition) is 0. The third-order valence-electron chi connectivity index (χ3n) is 11.0. The van der Waals surface area contributed by atoms with E-state index in [4.69, 9.17) is 32.5 Å². The summed E-state index contributed by atoms with van der Waals surface area (Å²) in [5, 5.41) is 2.38. The molecule has 0 saturated carbocycles. The molecule has 0 amide bonds. The molecule has 1 aliphatic heterocycles. The lowest BCUT2D eigenvalue weighted by molar-refractivity contribution is -0.154. The van der Waals surface area contributed by atoms with E-state index in [1.54, 1.807) is 7.11 Å². The molecule has 9 heteroatoms. The highest BCUT2D eigenvalue weighted by atomic mass is 28.4. The molecule has 0 aromatic heterocycles. The summed E-state index contributed by atoms with van der Waals surface area (Å²) in [4.78, 5) is 0. The van der Waals surface area contributed by atoms with Gasteiger partial charge in [0.15, 0.2) is 14.6 Å². The smallest absolute Gasteiger partial charge is 0.261 e. The van der Waals surface area contributed by atoms with E-state index in [1.165, 1.54) is 10.4 Å². The highest BCUT2D eigenvalue weighted by Crippen LogP contribution is 2.39. The van der Waals surface area contributed by atoms with Crippen LogP contribution in [0.5, 0.6) is 5.75 Å². The Morgan fingerprint density at radius 2 is 1.46 bits per heavy atom. The number of methoxy groups -OCH3 is 1. The highest BCUT2D eigenvalue weighted by molar-refractivity contribution is 6.99. The second kappa shape index (κ2) is 21.6. The fourth-order valence-electron chi connectivity index (χ4n) is 6.87. The lowest BCUT2D eigenvalue weighted by Crippen LogP contribution is -2.66. The van der Waals surface area contributed by atoms with Gasteiger partial charge in [0, 0.05) is 26.2 Å². The molecular formula is C47H68O7Si2. The van der Waals surface area contributed by atoms with E-state index >= 15 is 0 Å². The summed E-state index contributed by atoms with van der Waals surface area (Å²) in [5.41, 5.74) is 1.03. The molecule has 306 valence electrons. The van der Waals surface area contributed by atoms with Crippen LogP contribution in [0.1, 0.15) is 79.2 Å².